The largest absolute Gasteiger partial charge is 0.497 e. The third-order valence-corrected chi connectivity index (χ3v) is 5.18. The fourth-order valence-electron chi connectivity index (χ4n) is 3.50. The molecule has 1 atom stereocenters. The molecule has 1 unspecified atom stereocenters. The van der Waals surface area contributed by atoms with Crippen LogP contribution < -0.4 is 15.6 Å². The number of aromatic nitrogens is 3. The average Bonchev–Trinajstić information content (AvgIpc) is 3.23. The standard InChI is InChI=1S/C23H18F3N5O2/c1-33-19-8-4-15(5-9-19)21(14-2-6-17(7-3-14)23(24,25)26)28-13-18-10-20(32)31-22(30-18)16(11-27)12-29-31/h2-10,12,21,28-29H,13H2,1H3. The fourth-order valence-corrected chi connectivity index (χ4v) is 3.50. The molecule has 0 fully saturated rings. The van der Waals surface area contributed by atoms with Gasteiger partial charge in [-0.2, -0.15) is 18.4 Å². The summed E-state index contributed by atoms with van der Waals surface area (Å²) in [5, 5.41) is 15.1. The molecule has 0 aliphatic rings. The van der Waals surface area contributed by atoms with E-state index in [4.69, 9.17) is 4.74 Å². The Morgan fingerprint density at radius 3 is 2.36 bits per heavy atom. The maximum atomic E-state index is 13.0. The smallest absolute Gasteiger partial charge is 0.416 e. The molecule has 33 heavy (non-hydrogen) atoms. The number of hydrogen-bond donors (Lipinski definition) is 2. The zero-order valence-corrected chi connectivity index (χ0v) is 17.3. The second kappa shape index (κ2) is 8.80. The Bertz CT molecular complexity index is 1370. The van der Waals surface area contributed by atoms with Gasteiger partial charge in [-0.15, -0.1) is 0 Å². The van der Waals surface area contributed by atoms with Crippen LogP contribution in [0.1, 0.15) is 34.0 Å². The highest BCUT2D eigenvalue weighted by molar-refractivity contribution is 5.53. The van der Waals surface area contributed by atoms with Gasteiger partial charge in [0.05, 0.1) is 24.4 Å². The molecule has 0 aliphatic carbocycles. The lowest BCUT2D eigenvalue weighted by molar-refractivity contribution is -0.137. The number of halogens is 3. The number of nitrogens with zero attached hydrogens (tertiary/aromatic N) is 3. The highest BCUT2D eigenvalue weighted by Crippen LogP contribution is 2.31. The molecule has 0 spiro atoms. The minimum absolute atomic E-state index is 0.138. The van der Waals surface area contributed by atoms with Crippen molar-refractivity contribution in [3.8, 4) is 11.8 Å². The highest BCUT2D eigenvalue weighted by Gasteiger charge is 2.30. The molecular weight excluding hydrogens is 435 g/mol. The summed E-state index contributed by atoms with van der Waals surface area (Å²) in [5.74, 6) is 0.640. The number of H-pyrrole nitrogens is 1. The molecular formula is C23H18F3N5O2. The highest BCUT2D eigenvalue weighted by atomic mass is 19.4. The summed E-state index contributed by atoms with van der Waals surface area (Å²) in [6.07, 6.45) is -3.04. The number of nitrogens with one attached hydrogen (secondary N) is 2. The number of benzene rings is 2. The van der Waals surface area contributed by atoms with Crippen LogP contribution in [0.15, 0.2) is 65.6 Å². The van der Waals surface area contributed by atoms with Crippen LogP contribution in [-0.4, -0.2) is 21.7 Å². The molecule has 0 aliphatic heterocycles. The van der Waals surface area contributed by atoms with Gasteiger partial charge in [-0.1, -0.05) is 24.3 Å². The Morgan fingerprint density at radius 1 is 1.15 bits per heavy atom. The Labute approximate surface area is 186 Å². The van der Waals surface area contributed by atoms with Crippen molar-refractivity contribution >= 4 is 5.65 Å². The van der Waals surface area contributed by atoms with Crippen LogP contribution in [0.3, 0.4) is 0 Å². The van der Waals surface area contributed by atoms with E-state index in [-0.39, 0.29) is 23.3 Å². The number of ether oxygens (including phenoxy) is 1. The van der Waals surface area contributed by atoms with Crippen molar-refractivity contribution in [2.24, 2.45) is 0 Å². The topological polar surface area (TPSA) is 95.2 Å². The van der Waals surface area contributed by atoms with Gasteiger partial charge < -0.3 is 10.1 Å². The Hall–Kier alpha value is -4.10. The number of nitriles is 1. The molecule has 2 N–H and O–H groups in total. The predicted molar refractivity (Wildman–Crippen MR) is 114 cm³/mol. The van der Waals surface area contributed by atoms with Crippen LogP contribution in [0.4, 0.5) is 13.2 Å². The molecule has 168 valence electrons. The Kier molecular flexibility index (Phi) is 5.89. The normalized spacial score (nSPS) is 12.5. The molecule has 4 rings (SSSR count). The first-order chi connectivity index (χ1) is 15.8. The summed E-state index contributed by atoms with van der Waals surface area (Å²) in [6.45, 7) is 0.138. The van der Waals surface area contributed by atoms with Gasteiger partial charge in [-0.05, 0) is 35.4 Å². The molecule has 0 bridgehead atoms. The maximum Gasteiger partial charge on any atom is 0.416 e. The monoisotopic (exact) mass is 453 g/mol. The molecule has 7 nitrogen and oxygen atoms in total. The van der Waals surface area contributed by atoms with Gasteiger partial charge in [0.25, 0.3) is 5.56 Å². The van der Waals surface area contributed by atoms with E-state index >= 15 is 0 Å². The van der Waals surface area contributed by atoms with Crippen LogP contribution in [-0.2, 0) is 12.7 Å². The Morgan fingerprint density at radius 2 is 1.79 bits per heavy atom. The molecule has 10 heteroatoms. The first kappa shape index (κ1) is 22.1. The van der Waals surface area contributed by atoms with Gasteiger partial charge in [0.2, 0.25) is 0 Å². The van der Waals surface area contributed by atoms with E-state index in [0.29, 0.717) is 17.0 Å². The average molecular weight is 453 g/mol. The van der Waals surface area contributed by atoms with Gasteiger partial charge >= 0.3 is 6.18 Å². The van der Waals surface area contributed by atoms with E-state index in [2.05, 4.69) is 15.4 Å². The predicted octanol–water partition coefficient (Wildman–Crippen LogP) is 3.80. The van der Waals surface area contributed by atoms with E-state index in [1.54, 1.807) is 24.3 Å². The van der Waals surface area contributed by atoms with Crippen molar-refractivity contribution in [3.05, 3.63) is 99.1 Å². The minimum atomic E-state index is -4.43. The summed E-state index contributed by atoms with van der Waals surface area (Å²) in [6, 6.07) is 14.8. The van der Waals surface area contributed by atoms with Crippen molar-refractivity contribution < 1.29 is 17.9 Å². The molecule has 0 saturated carbocycles. The van der Waals surface area contributed by atoms with Gasteiger partial charge in [-0.3, -0.25) is 9.89 Å². The molecule has 4 aromatic rings. The molecule has 2 aromatic carbocycles. The fraction of sp³-hybridized carbons (Fsp3) is 0.174. The van der Waals surface area contributed by atoms with Crippen molar-refractivity contribution in [3.63, 3.8) is 0 Å². The molecule has 0 amide bonds. The van der Waals surface area contributed by atoms with Crippen LogP contribution in [0.2, 0.25) is 0 Å². The van der Waals surface area contributed by atoms with Crippen LogP contribution in [0.25, 0.3) is 5.65 Å². The quantitative estimate of drug-likeness (QED) is 0.463. The van der Waals surface area contributed by atoms with E-state index in [0.717, 1.165) is 17.7 Å². The lowest BCUT2D eigenvalue weighted by Crippen LogP contribution is -2.25. The zero-order chi connectivity index (χ0) is 23.6. The van der Waals surface area contributed by atoms with Crippen molar-refractivity contribution in [2.75, 3.05) is 7.11 Å². The van der Waals surface area contributed by atoms with E-state index < -0.39 is 17.8 Å². The summed E-state index contributed by atoms with van der Waals surface area (Å²) >= 11 is 0. The number of rotatable bonds is 6. The molecule has 2 aromatic heterocycles. The SMILES string of the molecule is COc1ccc(C(NCc2cc(=O)n3[nH]cc(C#N)c3n2)c2ccc(C(F)(F)F)cc2)cc1. The summed E-state index contributed by atoms with van der Waals surface area (Å²) in [4.78, 5) is 16.7. The molecule has 0 radical (unpaired) electrons. The number of aromatic amines is 1. The van der Waals surface area contributed by atoms with E-state index in [1.807, 2.05) is 6.07 Å². The summed E-state index contributed by atoms with van der Waals surface area (Å²) < 4.78 is 45.4. The lowest BCUT2D eigenvalue weighted by Gasteiger charge is -2.21. The van der Waals surface area contributed by atoms with Crippen LogP contribution in [0.5, 0.6) is 5.75 Å². The maximum absolute atomic E-state index is 13.0. The summed E-state index contributed by atoms with van der Waals surface area (Å²) in [7, 11) is 1.54. The Balaban J connectivity index is 1.67. The molecule has 2 heterocycles. The van der Waals surface area contributed by atoms with Gasteiger partial charge in [-0.25, -0.2) is 9.50 Å². The van der Waals surface area contributed by atoms with Crippen LogP contribution >= 0.6 is 0 Å². The minimum Gasteiger partial charge on any atom is -0.497 e. The van der Waals surface area contributed by atoms with Gasteiger partial charge in [0.1, 0.15) is 17.4 Å². The summed E-state index contributed by atoms with van der Waals surface area (Å²) in [5.41, 5.74) is 1.09. The number of fused-ring (bicyclic) bond motifs is 1. The van der Waals surface area contributed by atoms with Crippen molar-refractivity contribution in [2.45, 2.75) is 18.8 Å². The first-order valence-electron chi connectivity index (χ1n) is 9.85. The number of alkyl halides is 3. The lowest BCUT2D eigenvalue weighted by atomic mass is 9.97. The second-order valence-corrected chi connectivity index (χ2v) is 7.25. The third kappa shape index (κ3) is 4.58. The van der Waals surface area contributed by atoms with E-state index in [9.17, 15) is 23.2 Å². The van der Waals surface area contributed by atoms with Crippen LogP contribution in [0, 0.1) is 11.3 Å². The first-order valence-corrected chi connectivity index (χ1v) is 9.85. The molecule has 0 saturated heterocycles. The zero-order valence-electron chi connectivity index (χ0n) is 17.3. The van der Waals surface area contributed by atoms with Crippen molar-refractivity contribution in [1.82, 2.24) is 19.9 Å². The second-order valence-electron chi connectivity index (χ2n) is 7.25. The van der Waals surface area contributed by atoms with Crippen molar-refractivity contribution in [1.29, 1.82) is 5.26 Å². The van der Waals surface area contributed by atoms with Gasteiger partial charge in [0, 0.05) is 18.8 Å². The number of methoxy groups -OCH3 is 1. The third-order valence-electron chi connectivity index (χ3n) is 5.18. The number of hydrogen-bond acceptors (Lipinski definition) is 5. The van der Waals surface area contributed by atoms with E-state index in [1.165, 1.54) is 36.0 Å². The van der Waals surface area contributed by atoms with Gasteiger partial charge in [0.15, 0.2) is 5.65 Å².